The van der Waals surface area contributed by atoms with Gasteiger partial charge < -0.3 is 4.74 Å². The number of nitrogens with one attached hydrogen (secondary N) is 2. The third-order valence-electron chi connectivity index (χ3n) is 3.74. The molecule has 132 valence electrons. The van der Waals surface area contributed by atoms with Crippen molar-refractivity contribution in [2.24, 2.45) is 0 Å². The van der Waals surface area contributed by atoms with Crippen LogP contribution in [0.1, 0.15) is 15.9 Å². The van der Waals surface area contributed by atoms with Crippen LogP contribution in [-0.4, -0.2) is 33.1 Å². The first-order chi connectivity index (χ1) is 12.5. The van der Waals surface area contributed by atoms with Crippen LogP contribution in [0, 0.1) is 17.0 Å². The molecule has 9 nitrogen and oxygen atoms in total. The second-order valence-electron chi connectivity index (χ2n) is 5.42. The molecule has 0 bridgehead atoms. The number of anilines is 1. The number of ether oxygens (including phenoxy) is 1. The van der Waals surface area contributed by atoms with Crippen molar-refractivity contribution < 1.29 is 14.5 Å². The van der Waals surface area contributed by atoms with Crippen LogP contribution in [0.2, 0.25) is 0 Å². The van der Waals surface area contributed by atoms with E-state index in [2.05, 4.69) is 20.5 Å². The highest BCUT2D eigenvalue weighted by Gasteiger charge is 2.17. The van der Waals surface area contributed by atoms with Crippen LogP contribution in [0.15, 0.2) is 42.5 Å². The lowest BCUT2D eigenvalue weighted by Crippen LogP contribution is -2.13. The minimum atomic E-state index is -0.543. The van der Waals surface area contributed by atoms with E-state index in [1.54, 1.807) is 26.2 Å². The van der Waals surface area contributed by atoms with Crippen molar-refractivity contribution in [2.75, 3.05) is 12.4 Å². The van der Waals surface area contributed by atoms with E-state index >= 15 is 0 Å². The molecule has 0 fully saturated rings. The van der Waals surface area contributed by atoms with Crippen molar-refractivity contribution in [3.8, 4) is 17.1 Å². The first-order valence-corrected chi connectivity index (χ1v) is 7.62. The molecule has 0 atom stereocenters. The summed E-state index contributed by atoms with van der Waals surface area (Å²) in [5.41, 5.74) is 1.19. The van der Waals surface area contributed by atoms with Crippen LogP contribution in [0.4, 0.5) is 11.6 Å². The normalized spacial score (nSPS) is 10.4. The summed E-state index contributed by atoms with van der Waals surface area (Å²) in [6.45, 7) is 1.61. The Kier molecular flexibility index (Phi) is 4.61. The Bertz CT molecular complexity index is 983. The summed E-state index contributed by atoms with van der Waals surface area (Å²) in [4.78, 5) is 27.0. The molecule has 26 heavy (non-hydrogen) atoms. The number of amides is 1. The Hall–Kier alpha value is -3.75. The van der Waals surface area contributed by atoms with E-state index < -0.39 is 10.8 Å². The molecule has 0 unspecified atom stereocenters. The first kappa shape index (κ1) is 17.1. The molecular weight excluding hydrogens is 338 g/mol. The highest BCUT2D eigenvalue weighted by atomic mass is 16.6. The number of H-pyrrole nitrogens is 1. The van der Waals surface area contributed by atoms with Crippen molar-refractivity contribution >= 4 is 17.5 Å². The van der Waals surface area contributed by atoms with Crippen LogP contribution in [-0.2, 0) is 0 Å². The Labute approximate surface area is 148 Å². The van der Waals surface area contributed by atoms with Gasteiger partial charge in [0, 0.05) is 17.2 Å². The molecule has 1 aromatic heterocycles. The summed E-state index contributed by atoms with van der Waals surface area (Å²) in [6, 6.07) is 11.5. The second kappa shape index (κ2) is 7.01. The van der Waals surface area contributed by atoms with Crippen LogP contribution in [0.3, 0.4) is 0 Å². The lowest BCUT2D eigenvalue weighted by Gasteiger charge is -2.04. The van der Waals surface area contributed by atoms with Crippen LogP contribution < -0.4 is 10.1 Å². The molecule has 0 aliphatic rings. The fourth-order valence-corrected chi connectivity index (χ4v) is 2.40. The summed E-state index contributed by atoms with van der Waals surface area (Å²) < 4.78 is 5.27. The molecular formula is C17H15N5O4. The van der Waals surface area contributed by atoms with Crippen molar-refractivity contribution in [3.05, 3.63) is 63.7 Å². The lowest BCUT2D eigenvalue weighted by atomic mass is 10.1. The molecule has 1 heterocycles. The third kappa shape index (κ3) is 3.36. The molecule has 0 saturated carbocycles. The van der Waals surface area contributed by atoms with E-state index in [0.717, 1.165) is 0 Å². The number of aromatic amines is 1. The fraction of sp³-hybridized carbons (Fsp3) is 0.118. The molecule has 2 aromatic carbocycles. The number of hydrogen-bond donors (Lipinski definition) is 2. The maximum atomic E-state index is 12.3. The van der Waals surface area contributed by atoms with E-state index in [1.165, 1.54) is 18.2 Å². The number of aromatic nitrogens is 3. The third-order valence-corrected chi connectivity index (χ3v) is 3.74. The molecule has 1 amide bonds. The number of nitro benzene ring substituents is 1. The maximum absolute atomic E-state index is 12.3. The van der Waals surface area contributed by atoms with Gasteiger partial charge in [0.25, 0.3) is 11.6 Å². The molecule has 0 aliphatic carbocycles. The molecule has 3 rings (SSSR count). The number of carbonyl (C=O) groups excluding carboxylic acids is 1. The van der Waals surface area contributed by atoms with Gasteiger partial charge in [0.05, 0.1) is 17.6 Å². The van der Waals surface area contributed by atoms with E-state index in [1.807, 2.05) is 12.1 Å². The molecule has 9 heteroatoms. The summed E-state index contributed by atoms with van der Waals surface area (Å²) in [6.07, 6.45) is 0. The second-order valence-corrected chi connectivity index (χ2v) is 5.42. The van der Waals surface area contributed by atoms with Gasteiger partial charge in [-0.25, -0.2) is 0 Å². The van der Waals surface area contributed by atoms with Crippen molar-refractivity contribution in [2.45, 2.75) is 6.92 Å². The van der Waals surface area contributed by atoms with E-state index in [4.69, 9.17) is 4.74 Å². The minimum Gasteiger partial charge on any atom is -0.496 e. The molecule has 0 saturated heterocycles. The molecule has 0 spiro atoms. The highest BCUT2D eigenvalue weighted by molar-refractivity contribution is 6.03. The number of benzene rings is 2. The van der Waals surface area contributed by atoms with Gasteiger partial charge in [0.2, 0.25) is 5.95 Å². The van der Waals surface area contributed by atoms with Gasteiger partial charge in [-0.15, -0.1) is 5.10 Å². The van der Waals surface area contributed by atoms with Crippen LogP contribution >= 0.6 is 0 Å². The smallest absolute Gasteiger partial charge is 0.273 e. The van der Waals surface area contributed by atoms with Gasteiger partial charge in [-0.1, -0.05) is 18.2 Å². The van der Waals surface area contributed by atoms with Crippen molar-refractivity contribution in [3.63, 3.8) is 0 Å². The van der Waals surface area contributed by atoms with Crippen LogP contribution in [0.5, 0.6) is 5.75 Å². The standard InChI is InChI=1S/C17H15N5O4/c1-10-7-8-11(9-13(10)22(24)25)16(23)19-17-18-15(20-21-17)12-5-3-4-6-14(12)26-2/h3-9H,1-2H3,(H2,18,19,20,21,23). The topological polar surface area (TPSA) is 123 Å². The fourth-order valence-electron chi connectivity index (χ4n) is 2.40. The zero-order chi connectivity index (χ0) is 18.7. The van der Waals surface area contributed by atoms with Gasteiger partial charge in [-0.05, 0) is 25.1 Å². The van der Waals surface area contributed by atoms with Crippen LogP contribution in [0.25, 0.3) is 11.4 Å². The average molecular weight is 353 g/mol. The lowest BCUT2D eigenvalue weighted by molar-refractivity contribution is -0.385. The predicted molar refractivity (Wildman–Crippen MR) is 94.2 cm³/mol. The number of rotatable bonds is 5. The molecule has 3 aromatic rings. The van der Waals surface area contributed by atoms with E-state index in [0.29, 0.717) is 22.7 Å². The zero-order valence-electron chi connectivity index (χ0n) is 14.0. The van der Waals surface area contributed by atoms with Gasteiger partial charge in [0.1, 0.15) is 5.75 Å². The number of methoxy groups -OCH3 is 1. The summed E-state index contributed by atoms with van der Waals surface area (Å²) >= 11 is 0. The van der Waals surface area contributed by atoms with Gasteiger partial charge in [-0.2, -0.15) is 4.98 Å². The van der Waals surface area contributed by atoms with E-state index in [-0.39, 0.29) is 17.2 Å². The molecule has 0 radical (unpaired) electrons. The van der Waals surface area contributed by atoms with Gasteiger partial charge >= 0.3 is 0 Å². The molecule has 0 aliphatic heterocycles. The number of aryl methyl sites for hydroxylation is 1. The summed E-state index contributed by atoms with van der Waals surface area (Å²) in [5, 5.41) is 20.2. The Balaban J connectivity index is 1.82. The van der Waals surface area contributed by atoms with E-state index in [9.17, 15) is 14.9 Å². The van der Waals surface area contributed by atoms with Gasteiger partial charge in [0.15, 0.2) is 5.82 Å². The predicted octanol–water partition coefficient (Wildman–Crippen LogP) is 2.95. The first-order valence-electron chi connectivity index (χ1n) is 7.62. The number of hydrogen-bond acceptors (Lipinski definition) is 6. The monoisotopic (exact) mass is 353 g/mol. The highest BCUT2D eigenvalue weighted by Crippen LogP contribution is 2.27. The number of carbonyl (C=O) groups is 1. The largest absolute Gasteiger partial charge is 0.496 e. The molecule has 2 N–H and O–H groups in total. The Morgan fingerprint density at radius 1 is 1.27 bits per heavy atom. The SMILES string of the molecule is COc1ccccc1-c1nc(NC(=O)c2ccc(C)c([N+](=O)[O-])c2)n[nH]1. The number of nitro groups is 1. The number of para-hydroxylation sites is 1. The van der Waals surface area contributed by atoms with Crippen molar-refractivity contribution in [1.82, 2.24) is 15.2 Å². The zero-order valence-corrected chi connectivity index (χ0v) is 14.0. The summed E-state index contributed by atoms with van der Waals surface area (Å²) in [7, 11) is 1.54. The quantitative estimate of drug-likeness (QED) is 0.537. The minimum absolute atomic E-state index is 0.0548. The Morgan fingerprint density at radius 3 is 2.77 bits per heavy atom. The maximum Gasteiger partial charge on any atom is 0.273 e. The van der Waals surface area contributed by atoms with Crippen molar-refractivity contribution in [1.29, 1.82) is 0 Å². The summed E-state index contributed by atoms with van der Waals surface area (Å²) in [5.74, 6) is 0.543. The average Bonchev–Trinajstić information content (AvgIpc) is 3.10. The number of nitrogens with zero attached hydrogens (tertiary/aromatic N) is 3. The van der Waals surface area contributed by atoms with Gasteiger partial charge in [-0.3, -0.25) is 25.3 Å². The Morgan fingerprint density at radius 2 is 2.04 bits per heavy atom.